The van der Waals surface area contributed by atoms with E-state index < -0.39 is 0 Å². The molecule has 0 aliphatic carbocycles. The van der Waals surface area contributed by atoms with Gasteiger partial charge in [-0.05, 0) is 25.0 Å². The van der Waals surface area contributed by atoms with Crippen LogP contribution in [0, 0.1) is 5.92 Å². The summed E-state index contributed by atoms with van der Waals surface area (Å²) in [4.78, 5) is 18.2. The second-order valence-electron chi connectivity index (χ2n) is 5.49. The van der Waals surface area contributed by atoms with Crippen LogP contribution in [-0.4, -0.2) is 31.0 Å². The minimum Gasteiger partial charge on any atom is -0.397 e. The number of nitrogen functional groups attached to an aromatic ring is 1. The number of rotatable bonds is 2. The molecule has 0 radical (unpaired) electrons. The third kappa shape index (κ3) is 2.51. The van der Waals surface area contributed by atoms with E-state index in [2.05, 4.69) is 15.2 Å². The lowest BCUT2D eigenvalue weighted by molar-refractivity contribution is -0.124. The number of carbonyl (C=O) groups is 1. The van der Waals surface area contributed by atoms with Crippen LogP contribution < -0.4 is 16.0 Å². The number of aromatic nitrogens is 1. The largest absolute Gasteiger partial charge is 0.397 e. The van der Waals surface area contributed by atoms with Crippen LogP contribution in [0.4, 0.5) is 11.4 Å². The molecule has 5 nitrogen and oxygen atoms in total. The minimum atomic E-state index is 0.0382. The molecule has 1 unspecified atom stereocenters. The number of fused-ring (bicyclic) bond motifs is 1. The summed E-state index contributed by atoms with van der Waals surface area (Å²) in [6, 6.07) is 6.01. The summed E-state index contributed by atoms with van der Waals surface area (Å²) in [5.74, 6) is 0.152. The van der Waals surface area contributed by atoms with Crippen molar-refractivity contribution in [2.24, 2.45) is 5.92 Å². The number of benzene rings is 1. The Kier molecular flexibility index (Phi) is 3.64. The molecule has 2 heterocycles. The van der Waals surface area contributed by atoms with Crippen LogP contribution in [0.2, 0.25) is 0 Å². The molecule has 1 amide bonds. The van der Waals surface area contributed by atoms with Crippen molar-refractivity contribution in [3.63, 3.8) is 0 Å². The average molecular weight is 284 g/mol. The van der Waals surface area contributed by atoms with Crippen LogP contribution in [-0.2, 0) is 4.79 Å². The topological polar surface area (TPSA) is 71.2 Å². The Morgan fingerprint density at radius 1 is 1.43 bits per heavy atom. The first-order valence-corrected chi connectivity index (χ1v) is 7.29. The van der Waals surface area contributed by atoms with E-state index in [1.165, 1.54) is 0 Å². The second-order valence-corrected chi connectivity index (χ2v) is 5.49. The quantitative estimate of drug-likeness (QED) is 0.825. The molecule has 110 valence electrons. The van der Waals surface area contributed by atoms with E-state index in [-0.39, 0.29) is 11.8 Å². The van der Waals surface area contributed by atoms with Crippen molar-refractivity contribution in [2.75, 3.05) is 30.8 Å². The Morgan fingerprint density at radius 3 is 3.10 bits per heavy atom. The second kappa shape index (κ2) is 5.60. The lowest BCUT2D eigenvalue weighted by atomic mass is 9.96. The molecule has 2 aromatic rings. The fourth-order valence-corrected chi connectivity index (χ4v) is 3.07. The minimum absolute atomic E-state index is 0.0382. The lowest BCUT2D eigenvalue weighted by Gasteiger charge is -2.34. The third-order valence-corrected chi connectivity index (χ3v) is 4.22. The Hall–Kier alpha value is -2.30. The smallest absolute Gasteiger partial charge is 0.224 e. The number of anilines is 2. The molecular formula is C16H20N4O. The Labute approximate surface area is 124 Å². The maximum Gasteiger partial charge on any atom is 0.224 e. The highest BCUT2D eigenvalue weighted by Gasteiger charge is 2.26. The molecule has 1 fully saturated rings. The van der Waals surface area contributed by atoms with E-state index in [1.54, 1.807) is 13.2 Å². The van der Waals surface area contributed by atoms with Gasteiger partial charge in [-0.1, -0.05) is 6.07 Å². The van der Waals surface area contributed by atoms with Crippen LogP contribution in [0.5, 0.6) is 0 Å². The van der Waals surface area contributed by atoms with Crippen molar-refractivity contribution in [1.82, 2.24) is 10.3 Å². The SMILES string of the molecule is CNC(=O)C1CCCN(c2ccc3cnccc3c2N)C1. The summed E-state index contributed by atoms with van der Waals surface area (Å²) in [5.41, 5.74) is 8.12. The monoisotopic (exact) mass is 284 g/mol. The molecule has 5 heteroatoms. The predicted molar refractivity (Wildman–Crippen MR) is 85.2 cm³/mol. The van der Waals surface area contributed by atoms with Crippen LogP contribution in [0.15, 0.2) is 30.6 Å². The molecule has 0 saturated carbocycles. The van der Waals surface area contributed by atoms with Gasteiger partial charge in [-0.25, -0.2) is 0 Å². The van der Waals surface area contributed by atoms with E-state index in [9.17, 15) is 4.79 Å². The molecule has 0 spiro atoms. The number of nitrogens with one attached hydrogen (secondary N) is 1. The van der Waals surface area contributed by atoms with E-state index in [0.717, 1.165) is 48.1 Å². The van der Waals surface area contributed by atoms with Crippen LogP contribution >= 0.6 is 0 Å². The zero-order chi connectivity index (χ0) is 14.8. The number of amides is 1. The van der Waals surface area contributed by atoms with Gasteiger partial charge < -0.3 is 16.0 Å². The molecule has 3 N–H and O–H groups in total. The third-order valence-electron chi connectivity index (χ3n) is 4.22. The average Bonchev–Trinajstić information content (AvgIpc) is 2.55. The van der Waals surface area contributed by atoms with Gasteiger partial charge in [-0.15, -0.1) is 0 Å². The van der Waals surface area contributed by atoms with Crippen molar-refractivity contribution in [3.8, 4) is 0 Å². The number of carbonyl (C=O) groups excluding carboxylic acids is 1. The highest BCUT2D eigenvalue weighted by molar-refractivity contribution is 5.98. The standard InChI is InChI=1S/C16H20N4O/c1-18-16(21)12-3-2-8-20(10-12)14-5-4-11-9-19-7-6-13(11)15(14)17/h4-7,9,12H,2-3,8,10,17H2,1H3,(H,18,21). The number of hydrogen-bond donors (Lipinski definition) is 2. The normalized spacial score (nSPS) is 18.7. The van der Waals surface area contributed by atoms with Gasteiger partial charge in [0.1, 0.15) is 0 Å². The molecule has 1 aliphatic rings. The molecule has 1 aromatic carbocycles. The molecule has 1 saturated heterocycles. The van der Waals surface area contributed by atoms with Crippen molar-refractivity contribution in [1.29, 1.82) is 0 Å². The van der Waals surface area contributed by atoms with Gasteiger partial charge in [0.2, 0.25) is 5.91 Å². The fraction of sp³-hybridized carbons (Fsp3) is 0.375. The van der Waals surface area contributed by atoms with Crippen LogP contribution in [0.3, 0.4) is 0 Å². The van der Waals surface area contributed by atoms with E-state index >= 15 is 0 Å². The summed E-state index contributed by atoms with van der Waals surface area (Å²) in [7, 11) is 1.69. The molecule has 0 bridgehead atoms. The van der Waals surface area contributed by atoms with Gasteiger partial charge in [-0.2, -0.15) is 0 Å². The number of nitrogens with zero attached hydrogens (tertiary/aromatic N) is 2. The zero-order valence-electron chi connectivity index (χ0n) is 12.2. The summed E-state index contributed by atoms with van der Waals surface area (Å²) in [5, 5.41) is 4.80. The predicted octanol–water partition coefficient (Wildman–Crippen LogP) is 1.78. The van der Waals surface area contributed by atoms with Crippen molar-refractivity contribution >= 4 is 28.1 Å². The van der Waals surface area contributed by atoms with Gasteiger partial charge in [-0.3, -0.25) is 9.78 Å². The maximum absolute atomic E-state index is 11.9. The van der Waals surface area contributed by atoms with Gasteiger partial charge in [0.15, 0.2) is 0 Å². The summed E-state index contributed by atoms with van der Waals surface area (Å²) in [6.07, 6.45) is 5.52. The summed E-state index contributed by atoms with van der Waals surface area (Å²) >= 11 is 0. The fourth-order valence-electron chi connectivity index (χ4n) is 3.07. The number of pyridine rings is 1. The van der Waals surface area contributed by atoms with Gasteiger partial charge >= 0.3 is 0 Å². The number of piperidine rings is 1. The zero-order valence-corrected chi connectivity index (χ0v) is 12.2. The highest BCUT2D eigenvalue weighted by Crippen LogP contribution is 2.33. The number of nitrogens with two attached hydrogens (primary N) is 1. The molecule has 21 heavy (non-hydrogen) atoms. The van der Waals surface area contributed by atoms with Gasteiger partial charge in [0, 0.05) is 43.3 Å². The Balaban J connectivity index is 1.93. The first kappa shape index (κ1) is 13.7. The van der Waals surface area contributed by atoms with Gasteiger partial charge in [0.05, 0.1) is 17.3 Å². The molecule has 3 rings (SSSR count). The van der Waals surface area contributed by atoms with Crippen molar-refractivity contribution in [2.45, 2.75) is 12.8 Å². The maximum atomic E-state index is 11.9. The van der Waals surface area contributed by atoms with Crippen molar-refractivity contribution < 1.29 is 4.79 Å². The van der Waals surface area contributed by atoms with Crippen molar-refractivity contribution in [3.05, 3.63) is 30.6 Å². The Morgan fingerprint density at radius 2 is 2.29 bits per heavy atom. The molecule has 1 atom stereocenters. The Bertz CT molecular complexity index is 670. The van der Waals surface area contributed by atoms with E-state index in [0.29, 0.717) is 0 Å². The molecule has 1 aliphatic heterocycles. The summed E-state index contributed by atoms with van der Waals surface area (Å²) < 4.78 is 0. The summed E-state index contributed by atoms with van der Waals surface area (Å²) in [6.45, 7) is 1.66. The number of hydrogen-bond acceptors (Lipinski definition) is 4. The highest BCUT2D eigenvalue weighted by atomic mass is 16.1. The lowest BCUT2D eigenvalue weighted by Crippen LogP contribution is -2.42. The van der Waals surface area contributed by atoms with Crippen LogP contribution in [0.1, 0.15) is 12.8 Å². The molecule has 1 aromatic heterocycles. The van der Waals surface area contributed by atoms with E-state index in [1.807, 2.05) is 24.4 Å². The molecular weight excluding hydrogens is 264 g/mol. The first-order valence-electron chi connectivity index (χ1n) is 7.29. The first-order chi connectivity index (χ1) is 10.2. The van der Waals surface area contributed by atoms with Gasteiger partial charge in [0.25, 0.3) is 0 Å². The van der Waals surface area contributed by atoms with E-state index in [4.69, 9.17) is 5.73 Å². The van der Waals surface area contributed by atoms with Crippen LogP contribution in [0.25, 0.3) is 10.8 Å².